The normalized spacial score (nSPS) is 11.1. The Hall–Kier alpha value is -2.93. The second-order valence-electron chi connectivity index (χ2n) is 7.04. The summed E-state index contributed by atoms with van der Waals surface area (Å²) in [6, 6.07) is 18.5. The topological polar surface area (TPSA) is 77.2 Å². The molecule has 4 aromatic rings. The minimum atomic E-state index is -0.479. The molecule has 0 aliphatic rings. The maximum Gasteiger partial charge on any atom is 0.284 e. The van der Waals surface area contributed by atoms with Gasteiger partial charge in [-0.25, -0.2) is 5.48 Å². The highest BCUT2D eigenvalue weighted by Gasteiger charge is 2.09. The van der Waals surface area contributed by atoms with E-state index in [-0.39, 0.29) is 0 Å². The summed E-state index contributed by atoms with van der Waals surface area (Å²) in [5, 5.41) is 15.5. The Bertz CT molecular complexity index is 1130. The average molecular weight is 406 g/mol. The van der Waals surface area contributed by atoms with Crippen LogP contribution in [-0.4, -0.2) is 22.6 Å². The molecule has 6 heteroatoms. The molecule has 0 aliphatic carbocycles. The van der Waals surface area contributed by atoms with Gasteiger partial charge in [0, 0.05) is 23.1 Å². The van der Waals surface area contributed by atoms with Crippen molar-refractivity contribution in [3.8, 4) is 11.1 Å². The van der Waals surface area contributed by atoms with Gasteiger partial charge in [0.2, 0.25) is 0 Å². The maximum atomic E-state index is 11.5. The Kier molecular flexibility index (Phi) is 5.76. The molecule has 0 aliphatic heterocycles. The van der Waals surface area contributed by atoms with Crippen molar-refractivity contribution in [1.29, 1.82) is 0 Å². The summed E-state index contributed by atoms with van der Waals surface area (Å²) in [4.78, 5) is 15.4. The third kappa shape index (κ3) is 4.24. The number of para-hydroxylation sites is 1. The van der Waals surface area contributed by atoms with Gasteiger partial charge in [-0.15, -0.1) is 11.3 Å². The Morgan fingerprint density at radius 2 is 1.90 bits per heavy atom. The fourth-order valence-electron chi connectivity index (χ4n) is 3.58. The van der Waals surface area contributed by atoms with Gasteiger partial charge in [0.05, 0.1) is 4.88 Å². The monoisotopic (exact) mass is 405 g/mol. The van der Waals surface area contributed by atoms with Crippen LogP contribution in [0.4, 0.5) is 0 Å². The standard InChI is InChI=1S/C23H23N3O2S/c1-15-19(20-4-2-3-5-21(20)25-15)10-11-24-13-16-6-8-17(9-7-16)18-12-22(29-14-18)23(27)26-28/h2-9,12,14,24-25,28H,10-11,13H2,1H3,(H,26,27). The van der Waals surface area contributed by atoms with Crippen LogP contribution >= 0.6 is 11.3 Å². The zero-order valence-corrected chi connectivity index (χ0v) is 17.0. The molecule has 148 valence electrons. The van der Waals surface area contributed by atoms with Crippen molar-refractivity contribution in [2.75, 3.05) is 6.54 Å². The molecule has 2 aromatic carbocycles. The predicted molar refractivity (Wildman–Crippen MR) is 117 cm³/mol. The number of hydrogen-bond acceptors (Lipinski definition) is 4. The molecule has 1 amide bonds. The van der Waals surface area contributed by atoms with Gasteiger partial charge >= 0.3 is 0 Å². The number of aryl methyl sites for hydroxylation is 1. The van der Waals surface area contributed by atoms with Gasteiger partial charge in [0.15, 0.2) is 0 Å². The van der Waals surface area contributed by atoms with Gasteiger partial charge in [-0.3, -0.25) is 10.0 Å². The number of fused-ring (bicyclic) bond motifs is 1. The quantitative estimate of drug-likeness (QED) is 0.205. The first-order valence-electron chi connectivity index (χ1n) is 9.55. The first-order chi connectivity index (χ1) is 14.2. The number of thiophene rings is 1. The Labute approximate surface area is 173 Å². The molecule has 0 saturated carbocycles. The molecule has 0 bridgehead atoms. The van der Waals surface area contributed by atoms with Crippen LogP contribution < -0.4 is 10.8 Å². The third-order valence-electron chi connectivity index (χ3n) is 5.12. The fourth-order valence-corrected chi connectivity index (χ4v) is 4.39. The molecule has 0 unspecified atom stereocenters. The van der Waals surface area contributed by atoms with Crippen LogP contribution in [0.2, 0.25) is 0 Å². The van der Waals surface area contributed by atoms with Gasteiger partial charge in [0.25, 0.3) is 5.91 Å². The average Bonchev–Trinajstić information content (AvgIpc) is 3.36. The molecule has 5 nitrogen and oxygen atoms in total. The van der Waals surface area contributed by atoms with E-state index in [1.807, 2.05) is 5.38 Å². The molecule has 2 aromatic heterocycles. The Morgan fingerprint density at radius 1 is 1.10 bits per heavy atom. The van der Waals surface area contributed by atoms with Crippen molar-refractivity contribution in [1.82, 2.24) is 15.8 Å². The van der Waals surface area contributed by atoms with Crippen LogP contribution in [0.5, 0.6) is 0 Å². The smallest absolute Gasteiger partial charge is 0.284 e. The molecule has 0 fully saturated rings. The maximum absolute atomic E-state index is 11.5. The number of carbonyl (C=O) groups excluding carboxylic acids is 1. The number of amides is 1. The van der Waals surface area contributed by atoms with Crippen molar-refractivity contribution >= 4 is 28.1 Å². The lowest BCUT2D eigenvalue weighted by Crippen LogP contribution is -2.17. The summed E-state index contributed by atoms with van der Waals surface area (Å²) in [6.07, 6.45) is 0.985. The van der Waals surface area contributed by atoms with Gasteiger partial charge < -0.3 is 10.3 Å². The van der Waals surface area contributed by atoms with Crippen LogP contribution in [-0.2, 0) is 13.0 Å². The van der Waals surface area contributed by atoms with Crippen molar-refractivity contribution in [3.63, 3.8) is 0 Å². The fraction of sp³-hybridized carbons (Fsp3) is 0.174. The number of benzene rings is 2. The molecule has 0 spiro atoms. The number of aromatic amines is 1. The van der Waals surface area contributed by atoms with Crippen LogP contribution in [0.3, 0.4) is 0 Å². The van der Waals surface area contributed by atoms with Crippen molar-refractivity contribution < 1.29 is 10.0 Å². The Morgan fingerprint density at radius 3 is 2.69 bits per heavy atom. The predicted octanol–water partition coefficient (Wildman–Crippen LogP) is 4.66. The lowest BCUT2D eigenvalue weighted by molar-refractivity contribution is 0.0711. The van der Waals surface area contributed by atoms with E-state index in [0.29, 0.717) is 4.88 Å². The molecule has 0 atom stereocenters. The molecule has 4 N–H and O–H groups in total. The highest BCUT2D eigenvalue weighted by Crippen LogP contribution is 2.26. The summed E-state index contributed by atoms with van der Waals surface area (Å²) in [7, 11) is 0. The van der Waals surface area contributed by atoms with Crippen molar-refractivity contribution in [2.45, 2.75) is 19.9 Å². The summed E-state index contributed by atoms with van der Waals surface area (Å²) < 4.78 is 0. The van der Waals surface area contributed by atoms with E-state index < -0.39 is 5.91 Å². The summed E-state index contributed by atoms with van der Waals surface area (Å²) in [5.41, 5.74) is 8.73. The first-order valence-corrected chi connectivity index (χ1v) is 10.4. The van der Waals surface area contributed by atoms with Gasteiger partial charge in [-0.2, -0.15) is 0 Å². The van der Waals surface area contributed by atoms with E-state index in [1.165, 1.54) is 39.1 Å². The van der Waals surface area contributed by atoms with Crippen LogP contribution in [0.1, 0.15) is 26.5 Å². The largest absolute Gasteiger partial charge is 0.358 e. The summed E-state index contributed by atoms with van der Waals surface area (Å²) >= 11 is 1.31. The second-order valence-corrected chi connectivity index (χ2v) is 7.95. The Balaban J connectivity index is 1.33. The summed E-state index contributed by atoms with van der Waals surface area (Å²) in [5.74, 6) is -0.479. The molecule has 2 heterocycles. The number of hydroxylamine groups is 1. The van der Waals surface area contributed by atoms with E-state index in [4.69, 9.17) is 5.21 Å². The molecule has 0 saturated heterocycles. The van der Waals surface area contributed by atoms with E-state index >= 15 is 0 Å². The SMILES string of the molecule is Cc1[nH]c2ccccc2c1CCNCc1ccc(-c2csc(C(=O)NO)c2)cc1. The number of rotatable bonds is 7. The number of hydrogen-bond donors (Lipinski definition) is 4. The molecular formula is C23H23N3O2S. The number of nitrogens with one attached hydrogen (secondary N) is 3. The molecule has 4 rings (SSSR count). The second kappa shape index (κ2) is 8.61. The minimum absolute atomic E-state index is 0.479. The minimum Gasteiger partial charge on any atom is -0.358 e. The number of H-pyrrole nitrogens is 1. The number of carbonyl (C=O) groups is 1. The molecular weight excluding hydrogens is 382 g/mol. The van der Waals surface area contributed by atoms with Gasteiger partial charge in [-0.1, -0.05) is 42.5 Å². The van der Waals surface area contributed by atoms with E-state index in [9.17, 15) is 4.79 Å². The van der Waals surface area contributed by atoms with E-state index in [1.54, 1.807) is 11.5 Å². The molecule has 29 heavy (non-hydrogen) atoms. The van der Waals surface area contributed by atoms with E-state index in [0.717, 1.165) is 30.6 Å². The van der Waals surface area contributed by atoms with Crippen LogP contribution in [0, 0.1) is 6.92 Å². The zero-order valence-electron chi connectivity index (χ0n) is 16.2. The lowest BCUT2D eigenvalue weighted by atomic mass is 10.1. The summed E-state index contributed by atoms with van der Waals surface area (Å²) in [6.45, 7) is 3.85. The first kappa shape index (κ1) is 19.4. The highest BCUT2D eigenvalue weighted by molar-refractivity contribution is 7.12. The number of aromatic nitrogens is 1. The van der Waals surface area contributed by atoms with Gasteiger partial charge in [-0.05, 0) is 59.7 Å². The molecule has 0 radical (unpaired) electrons. The van der Waals surface area contributed by atoms with Crippen LogP contribution in [0.25, 0.3) is 22.0 Å². The van der Waals surface area contributed by atoms with E-state index in [2.05, 4.69) is 65.8 Å². The highest BCUT2D eigenvalue weighted by atomic mass is 32.1. The van der Waals surface area contributed by atoms with Crippen LogP contribution in [0.15, 0.2) is 60.0 Å². The van der Waals surface area contributed by atoms with Crippen molar-refractivity contribution in [3.05, 3.63) is 81.7 Å². The van der Waals surface area contributed by atoms with Crippen molar-refractivity contribution in [2.24, 2.45) is 0 Å². The third-order valence-corrected chi connectivity index (χ3v) is 6.05. The lowest BCUT2D eigenvalue weighted by Gasteiger charge is -2.07. The van der Waals surface area contributed by atoms with Gasteiger partial charge in [0.1, 0.15) is 0 Å². The zero-order chi connectivity index (χ0) is 20.2.